The lowest BCUT2D eigenvalue weighted by molar-refractivity contribution is 0.758. The van der Waals surface area contributed by atoms with Crippen LogP contribution in [-0.2, 0) is 6.42 Å². The van der Waals surface area contributed by atoms with Gasteiger partial charge in [0, 0.05) is 34.2 Å². The fourth-order valence-corrected chi connectivity index (χ4v) is 3.61. The first-order chi connectivity index (χ1) is 12.2. The summed E-state index contributed by atoms with van der Waals surface area (Å²) in [6, 6.07) is 18.6. The van der Waals surface area contributed by atoms with Crippen molar-refractivity contribution in [2.75, 3.05) is 16.8 Å². The van der Waals surface area contributed by atoms with E-state index in [0.29, 0.717) is 5.95 Å². The molecule has 0 saturated heterocycles. The molecule has 0 radical (unpaired) electrons. The first-order valence-electron chi connectivity index (χ1n) is 8.43. The Morgan fingerprint density at radius 1 is 1.04 bits per heavy atom. The van der Waals surface area contributed by atoms with E-state index < -0.39 is 0 Å². The monoisotopic (exact) mass is 394 g/mol. The summed E-state index contributed by atoms with van der Waals surface area (Å²) >= 11 is 3.50. The fraction of sp³-hybridized carbons (Fsp3) is 0.200. The molecule has 2 aromatic carbocycles. The maximum absolute atomic E-state index is 4.77. The van der Waals surface area contributed by atoms with Crippen LogP contribution in [-0.4, -0.2) is 16.5 Å². The van der Waals surface area contributed by atoms with Gasteiger partial charge in [-0.2, -0.15) is 4.98 Å². The Morgan fingerprint density at radius 2 is 1.92 bits per heavy atom. The summed E-state index contributed by atoms with van der Waals surface area (Å²) in [5.74, 6) is 1.56. The van der Waals surface area contributed by atoms with Crippen LogP contribution in [0.15, 0.2) is 59.1 Å². The number of hydrogen-bond donors (Lipinski definition) is 1. The van der Waals surface area contributed by atoms with Crippen LogP contribution in [0.5, 0.6) is 0 Å². The molecule has 4 nitrogen and oxygen atoms in total. The molecular formula is C20H19BrN4. The Labute approximate surface area is 156 Å². The van der Waals surface area contributed by atoms with Crippen molar-refractivity contribution in [1.82, 2.24) is 9.97 Å². The van der Waals surface area contributed by atoms with Crippen LogP contribution < -0.4 is 10.2 Å². The summed E-state index contributed by atoms with van der Waals surface area (Å²) < 4.78 is 1.02. The third-order valence-corrected chi connectivity index (χ3v) is 4.80. The molecule has 0 fully saturated rings. The van der Waals surface area contributed by atoms with E-state index >= 15 is 0 Å². The number of benzene rings is 2. The van der Waals surface area contributed by atoms with Gasteiger partial charge in [0.2, 0.25) is 5.95 Å². The molecule has 25 heavy (non-hydrogen) atoms. The fourth-order valence-electron chi connectivity index (χ4n) is 3.21. The maximum atomic E-state index is 4.77. The number of nitrogens with one attached hydrogen (secondary N) is 1. The second kappa shape index (κ2) is 6.84. The first kappa shape index (κ1) is 16.1. The summed E-state index contributed by atoms with van der Waals surface area (Å²) in [5, 5.41) is 3.31. The maximum Gasteiger partial charge on any atom is 0.229 e. The average Bonchev–Trinajstić information content (AvgIpc) is 2.61. The minimum atomic E-state index is 0.621. The van der Waals surface area contributed by atoms with Gasteiger partial charge in [-0.3, -0.25) is 0 Å². The van der Waals surface area contributed by atoms with Crippen LogP contribution in [0.4, 0.5) is 23.1 Å². The molecule has 0 atom stereocenters. The molecule has 0 bridgehead atoms. The second-order valence-corrected chi connectivity index (χ2v) is 7.13. The number of anilines is 4. The van der Waals surface area contributed by atoms with E-state index in [2.05, 4.69) is 55.4 Å². The zero-order valence-corrected chi connectivity index (χ0v) is 15.6. The van der Waals surface area contributed by atoms with Crippen LogP contribution in [0.25, 0.3) is 0 Å². The average molecular weight is 395 g/mol. The Morgan fingerprint density at radius 3 is 2.80 bits per heavy atom. The lowest BCUT2D eigenvalue weighted by Crippen LogP contribution is -2.25. The summed E-state index contributed by atoms with van der Waals surface area (Å²) in [5.41, 5.74) is 4.54. The molecule has 0 saturated carbocycles. The lowest BCUT2D eigenvalue weighted by Gasteiger charge is -2.30. The minimum Gasteiger partial charge on any atom is -0.326 e. The number of rotatable bonds is 3. The molecule has 1 N–H and O–H groups in total. The van der Waals surface area contributed by atoms with E-state index in [1.165, 1.54) is 11.3 Å². The number of nitrogens with zero attached hydrogens (tertiary/aromatic N) is 3. The molecule has 126 valence electrons. The minimum absolute atomic E-state index is 0.621. The second-order valence-electron chi connectivity index (χ2n) is 6.21. The number of para-hydroxylation sites is 1. The van der Waals surface area contributed by atoms with Gasteiger partial charge in [-0.05, 0) is 49.6 Å². The number of aryl methyl sites for hydroxylation is 2. The standard InChI is InChI=1S/C20H19BrN4/c1-14-12-19(25-11-5-7-15-6-2-3-10-18(15)25)24-20(22-14)23-17-9-4-8-16(21)13-17/h2-4,6,8-10,12-13H,5,7,11H2,1H3,(H,22,23,24). The van der Waals surface area contributed by atoms with Gasteiger partial charge in [0.15, 0.2) is 0 Å². The van der Waals surface area contributed by atoms with Crippen molar-refractivity contribution in [3.63, 3.8) is 0 Å². The van der Waals surface area contributed by atoms with Gasteiger partial charge in [-0.25, -0.2) is 4.98 Å². The van der Waals surface area contributed by atoms with Crippen molar-refractivity contribution in [1.29, 1.82) is 0 Å². The van der Waals surface area contributed by atoms with Crippen LogP contribution in [0.2, 0.25) is 0 Å². The Bertz CT molecular complexity index is 910. The van der Waals surface area contributed by atoms with E-state index in [1.54, 1.807) is 0 Å². The molecule has 1 aliphatic heterocycles. The van der Waals surface area contributed by atoms with Crippen molar-refractivity contribution in [2.24, 2.45) is 0 Å². The molecule has 0 amide bonds. The molecule has 0 aliphatic carbocycles. The van der Waals surface area contributed by atoms with Gasteiger partial charge < -0.3 is 10.2 Å². The van der Waals surface area contributed by atoms with E-state index in [4.69, 9.17) is 4.98 Å². The number of aromatic nitrogens is 2. The predicted octanol–water partition coefficient (Wildman–Crippen LogP) is 5.38. The molecule has 1 aliphatic rings. The highest BCUT2D eigenvalue weighted by Gasteiger charge is 2.19. The predicted molar refractivity (Wildman–Crippen MR) is 106 cm³/mol. The summed E-state index contributed by atoms with van der Waals surface area (Å²) in [6.07, 6.45) is 2.26. The Hall–Kier alpha value is -2.40. The van der Waals surface area contributed by atoms with Crippen LogP contribution in [0, 0.1) is 6.92 Å². The summed E-state index contributed by atoms with van der Waals surface area (Å²) in [4.78, 5) is 11.6. The Kier molecular flexibility index (Phi) is 4.40. The highest BCUT2D eigenvalue weighted by molar-refractivity contribution is 9.10. The SMILES string of the molecule is Cc1cc(N2CCCc3ccccc32)nc(Nc2cccc(Br)c2)n1. The van der Waals surface area contributed by atoms with Crippen molar-refractivity contribution >= 4 is 39.1 Å². The molecular weight excluding hydrogens is 376 g/mol. The van der Waals surface area contributed by atoms with Gasteiger partial charge in [0.05, 0.1) is 0 Å². The third kappa shape index (κ3) is 3.51. The van der Waals surface area contributed by atoms with Crippen LogP contribution >= 0.6 is 15.9 Å². The third-order valence-electron chi connectivity index (χ3n) is 4.31. The van der Waals surface area contributed by atoms with E-state index in [-0.39, 0.29) is 0 Å². The van der Waals surface area contributed by atoms with Gasteiger partial charge in [0.25, 0.3) is 0 Å². The van der Waals surface area contributed by atoms with Gasteiger partial charge in [0.1, 0.15) is 5.82 Å². The molecule has 2 heterocycles. The van der Waals surface area contributed by atoms with E-state index in [9.17, 15) is 0 Å². The van der Waals surface area contributed by atoms with Gasteiger partial charge in [-0.15, -0.1) is 0 Å². The molecule has 5 heteroatoms. The normalized spacial score (nSPS) is 13.4. The van der Waals surface area contributed by atoms with Crippen molar-refractivity contribution in [3.05, 3.63) is 70.3 Å². The molecule has 0 spiro atoms. The van der Waals surface area contributed by atoms with Crippen molar-refractivity contribution in [2.45, 2.75) is 19.8 Å². The molecule has 4 rings (SSSR count). The first-order valence-corrected chi connectivity index (χ1v) is 9.22. The van der Waals surface area contributed by atoms with Crippen LogP contribution in [0.3, 0.4) is 0 Å². The molecule has 1 aromatic heterocycles. The van der Waals surface area contributed by atoms with E-state index in [0.717, 1.165) is 41.1 Å². The summed E-state index contributed by atoms with van der Waals surface area (Å²) in [6.45, 7) is 2.98. The number of fused-ring (bicyclic) bond motifs is 1. The van der Waals surface area contributed by atoms with E-state index in [1.807, 2.05) is 37.3 Å². The smallest absolute Gasteiger partial charge is 0.229 e. The molecule has 3 aromatic rings. The van der Waals surface area contributed by atoms with Crippen molar-refractivity contribution in [3.8, 4) is 0 Å². The zero-order valence-electron chi connectivity index (χ0n) is 14.0. The van der Waals surface area contributed by atoms with Crippen LogP contribution in [0.1, 0.15) is 17.7 Å². The van der Waals surface area contributed by atoms with Crippen molar-refractivity contribution < 1.29 is 0 Å². The van der Waals surface area contributed by atoms with Gasteiger partial charge in [-0.1, -0.05) is 40.2 Å². The zero-order chi connectivity index (χ0) is 17.2. The molecule has 0 unspecified atom stereocenters. The number of hydrogen-bond acceptors (Lipinski definition) is 4. The largest absolute Gasteiger partial charge is 0.326 e. The topological polar surface area (TPSA) is 41.1 Å². The highest BCUT2D eigenvalue weighted by atomic mass is 79.9. The quantitative estimate of drug-likeness (QED) is 0.647. The summed E-state index contributed by atoms with van der Waals surface area (Å²) in [7, 11) is 0. The Balaban J connectivity index is 1.69. The highest BCUT2D eigenvalue weighted by Crippen LogP contribution is 2.33. The number of halogens is 1. The lowest BCUT2D eigenvalue weighted by atomic mass is 10.0. The van der Waals surface area contributed by atoms with Gasteiger partial charge >= 0.3 is 0 Å².